The Morgan fingerprint density at radius 3 is 2.94 bits per heavy atom. The Morgan fingerprint density at radius 2 is 2.29 bits per heavy atom. The molecule has 1 heterocycles. The molecule has 0 spiro atoms. The molecular weight excluding hydrogens is 244 g/mol. The number of carboxylic acids is 1. The molecule has 0 atom stereocenters. The van der Waals surface area contributed by atoms with Gasteiger partial charge in [-0.2, -0.15) is 0 Å². The maximum absolute atomic E-state index is 10.9. The molecule has 0 bridgehead atoms. The van der Waals surface area contributed by atoms with Gasteiger partial charge in [-0.15, -0.1) is 0 Å². The SMILES string of the molecule is COCCCCNc1nc(Cl)ccc1C(=O)O. The van der Waals surface area contributed by atoms with Gasteiger partial charge < -0.3 is 15.2 Å². The second-order valence-electron chi connectivity index (χ2n) is 3.46. The Bertz CT molecular complexity index is 385. The highest BCUT2D eigenvalue weighted by Crippen LogP contribution is 2.16. The summed E-state index contributed by atoms with van der Waals surface area (Å²) in [6, 6.07) is 2.90. The Labute approximate surface area is 105 Å². The molecule has 1 aromatic heterocycles. The molecule has 2 N–H and O–H groups in total. The van der Waals surface area contributed by atoms with E-state index in [1.165, 1.54) is 12.1 Å². The first-order valence-corrected chi connectivity index (χ1v) is 5.65. The first-order chi connectivity index (χ1) is 8.15. The fraction of sp³-hybridized carbons (Fsp3) is 0.455. The number of aromatic carboxylic acids is 1. The fourth-order valence-corrected chi connectivity index (χ4v) is 1.47. The highest BCUT2D eigenvalue weighted by Gasteiger charge is 2.11. The minimum atomic E-state index is -1.02. The minimum Gasteiger partial charge on any atom is -0.478 e. The smallest absolute Gasteiger partial charge is 0.339 e. The van der Waals surface area contributed by atoms with Gasteiger partial charge in [0.2, 0.25) is 0 Å². The van der Waals surface area contributed by atoms with Gasteiger partial charge in [-0.1, -0.05) is 11.6 Å². The van der Waals surface area contributed by atoms with E-state index in [0.29, 0.717) is 19.0 Å². The second kappa shape index (κ2) is 7.09. The third kappa shape index (κ3) is 4.58. The normalized spacial score (nSPS) is 10.2. The van der Waals surface area contributed by atoms with Crippen LogP contribution in [0.2, 0.25) is 5.15 Å². The lowest BCUT2D eigenvalue weighted by molar-refractivity contribution is 0.0697. The lowest BCUT2D eigenvalue weighted by atomic mass is 10.2. The van der Waals surface area contributed by atoms with Crippen molar-refractivity contribution in [3.05, 3.63) is 22.8 Å². The number of aromatic nitrogens is 1. The van der Waals surface area contributed by atoms with Crippen LogP contribution in [0.25, 0.3) is 0 Å². The number of pyridine rings is 1. The van der Waals surface area contributed by atoms with Crippen molar-refractivity contribution in [2.24, 2.45) is 0 Å². The number of carboxylic acid groups (broad SMARTS) is 1. The summed E-state index contributed by atoms with van der Waals surface area (Å²) >= 11 is 5.72. The molecule has 17 heavy (non-hydrogen) atoms. The van der Waals surface area contributed by atoms with Crippen LogP contribution in [-0.2, 0) is 4.74 Å². The first-order valence-electron chi connectivity index (χ1n) is 5.28. The van der Waals surface area contributed by atoms with Gasteiger partial charge >= 0.3 is 5.97 Å². The monoisotopic (exact) mass is 258 g/mol. The molecular formula is C11H15ClN2O3. The maximum atomic E-state index is 10.9. The van der Waals surface area contributed by atoms with Crippen molar-refractivity contribution in [1.29, 1.82) is 0 Å². The highest BCUT2D eigenvalue weighted by atomic mass is 35.5. The molecule has 0 saturated carbocycles. The van der Waals surface area contributed by atoms with Gasteiger partial charge in [-0.05, 0) is 25.0 Å². The number of nitrogens with one attached hydrogen (secondary N) is 1. The molecule has 94 valence electrons. The Balaban J connectivity index is 2.56. The second-order valence-corrected chi connectivity index (χ2v) is 3.85. The molecule has 0 fully saturated rings. The van der Waals surface area contributed by atoms with E-state index >= 15 is 0 Å². The molecule has 0 unspecified atom stereocenters. The molecule has 0 aliphatic carbocycles. The number of methoxy groups -OCH3 is 1. The number of anilines is 1. The van der Waals surface area contributed by atoms with Crippen LogP contribution in [0.15, 0.2) is 12.1 Å². The third-order valence-electron chi connectivity index (χ3n) is 2.16. The van der Waals surface area contributed by atoms with Crippen LogP contribution in [0.1, 0.15) is 23.2 Å². The molecule has 0 radical (unpaired) electrons. The topological polar surface area (TPSA) is 71.5 Å². The van der Waals surface area contributed by atoms with Crippen LogP contribution in [0.4, 0.5) is 5.82 Å². The van der Waals surface area contributed by atoms with Crippen molar-refractivity contribution in [3.8, 4) is 0 Å². The quantitative estimate of drug-likeness (QED) is 0.580. The van der Waals surface area contributed by atoms with Crippen molar-refractivity contribution in [1.82, 2.24) is 4.98 Å². The standard InChI is InChI=1S/C11H15ClN2O3/c1-17-7-3-2-6-13-10-8(11(15)16)4-5-9(12)14-10/h4-5H,2-3,6-7H2,1H3,(H,13,14)(H,15,16). The summed E-state index contributed by atoms with van der Waals surface area (Å²) in [5.41, 5.74) is 0.126. The molecule has 1 aromatic rings. The van der Waals surface area contributed by atoms with Gasteiger partial charge in [-0.3, -0.25) is 0 Å². The number of ether oxygens (including phenoxy) is 1. The Morgan fingerprint density at radius 1 is 1.53 bits per heavy atom. The van der Waals surface area contributed by atoms with Crippen LogP contribution in [0.3, 0.4) is 0 Å². The van der Waals surface area contributed by atoms with Crippen LogP contribution in [0, 0.1) is 0 Å². The summed E-state index contributed by atoms with van der Waals surface area (Å²) in [6.45, 7) is 1.33. The number of rotatable bonds is 7. The molecule has 1 rings (SSSR count). The van der Waals surface area contributed by atoms with Crippen LogP contribution in [-0.4, -0.2) is 36.3 Å². The zero-order chi connectivity index (χ0) is 12.7. The van der Waals surface area contributed by atoms with E-state index in [0.717, 1.165) is 12.8 Å². The zero-order valence-electron chi connectivity index (χ0n) is 9.57. The zero-order valence-corrected chi connectivity index (χ0v) is 10.3. The number of carbonyl (C=O) groups is 1. The van der Waals surface area contributed by atoms with Crippen molar-refractivity contribution in [3.63, 3.8) is 0 Å². The van der Waals surface area contributed by atoms with E-state index in [1.807, 2.05) is 0 Å². The molecule has 0 saturated heterocycles. The van der Waals surface area contributed by atoms with Crippen LogP contribution >= 0.6 is 11.6 Å². The van der Waals surface area contributed by atoms with E-state index in [2.05, 4.69) is 10.3 Å². The van der Waals surface area contributed by atoms with Gasteiger partial charge in [-0.25, -0.2) is 9.78 Å². The molecule has 6 heteroatoms. The largest absolute Gasteiger partial charge is 0.478 e. The average molecular weight is 259 g/mol. The van der Waals surface area contributed by atoms with Gasteiger partial charge in [0.15, 0.2) is 0 Å². The van der Waals surface area contributed by atoms with Crippen molar-refractivity contribution < 1.29 is 14.6 Å². The van der Waals surface area contributed by atoms with Gasteiger partial charge in [0.1, 0.15) is 16.5 Å². The van der Waals surface area contributed by atoms with Crippen LogP contribution in [0.5, 0.6) is 0 Å². The Hall–Kier alpha value is -1.33. The van der Waals surface area contributed by atoms with Gasteiger partial charge in [0, 0.05) is 20.3 Å². The Kier molecular flexibility index (Phi) is 5.72. The molecule has 0 aliphatic heterocycles. The number of nitrogens with zero attached hydrogens (tertiary/aromatic N) is 1. The van der Waals surface area contributed by atoms with E-state index in [9.17, 15) is 4.79 Å². The first kappa shape index (κ1) is 13.7. The summed E-state index contributed by atoms with van der Waals surface area (Å²) in [6.07, 6.45) is 1.79. The summed E-state index contributed by atoms with van der Waals surface area (Å²) in [5, 5.41) is 12.2. The van der Waals surface area contributed by atoms with E-state index in [-0.39, 0.29) is 10.7 Å². The molecule has 0 amide bonds. The molecule has 5 nitrogen and oxygen atoms in total. The number of unbranched alkanes of at least 4 members (excludes halogenated alkanes) is 1. The predicted molar refractivity (Wildman–Crippen MR) is 65.8 cm³/mol. The van der Waals surface area contributed by atoms with Crippen molar-refractivity contribution in [2.45, 2.75) is 12.8 Å². The fourth-order valence-electron chi connectivity index (χ4n) is 1.32. The molecule has 0 aromatic carbocycles. The van der Waals surface area contributed by atoms with Crippen LogP contribution < -0.4 is 5.32 Å². The average Bonchev–Trinajstić information content (AvgIpc) is 2.28. The van der Waals surface area contributed by atoms with E-state index in [4.69, 9.17) is 21.4 Å². The highest BCUT2D eigenvalue weighted by molar-refractivity contribution is 6.29. The maximum Gasteiger partial charge on any atom is 0.339 e. The lowest BCUT2D eigenvalue weighted by Gasteiger charge is -2.08. The predicted octanol–water partition coefficient (Wildman–Crippen LogP) is 2.27. The van der Waals surface area contributed by atoms with Gasteiger partial charge in [0.05, 0.1) is 0 Å². The van der Waals surface area contributed by atoms with Gasteiger partial charge in [0.25, 0.3) is 0 Å². The number of halogens is 1. The summed E-state index contributed by atoms with van der Waals surface area (Å²) in [4.78, 5) is 14.9. The lowest BCUT2D eigenvalue weighted by Crippen LogP contribution is -2.10. The third-order valence-corrected chi connectivity index (χ3v) is 2.37. The van der Waals surface area contributed by atoms with Crippen molar-refractivity contribution in [2.75, 3.05) is 25.6 Å². The molecule has 0 aliphatic rings. The summed E-state index contributed by atoms with van der Waals surface area (Å²) in [7, 11) is 1.65. The minimum absolute atomic E-state index is 0.126. The summed E-state index contributed by atoms with van der Waals surface area (Å²) < 4.78 is 4.92. The van der Waals surface area contributed by atoms with Crippen molar-refractivity contribution >= 4 is 23.4 Å². The van der Waals surface area contributed by atoms with E-state index in [1.54, 1.807) is 7.11 Å². The van der Waals surface area contributed by atoms with E-state index < -0.39 is 5.97 Å². The summed E-state index contributed by atoms with van der Waals surface area (Å²) in [5.74, 6) is -0.712. The number of hydrogen-bond acceptors (Lipinski definition) is 4. The number of hydrogen-bond donors (Lipinski definition) is 2.